The predicted molar refractivity (Wildman–Crippen MR) is 99.1 cm³/mol. The van der Waals surface area contributed by atoms with Gasteiger partial charge in [0, 0.05) is 17.8 Å². The highest BCUT2D eigenvalue weighted by molar-refractivity contribution is 6.06. The molecule has 2 aromatic rings. The number of benzene rings is 2. The highest BCUT2D eigenvalue weighted by atomic mass is 16.5. The van der Waals surface area contributed by atoms with Gasteiger partial charge in [-0.05, 0) is 43.0 Å². The van der Waals surface area contributed by atoms with E-state index in [2.05, 4.69) is 5.32 Å². The van der Waals surface area contributed by atoms with Gasteiger partial charge in [0.15, 0.2) is 0 Å². The second-order valence-corrected chi connectivity index (χ2v) is 6.29. The van der Waals surface area contributed by atoms with Crippen LogP contribution in [-0.2, 0) is 0 Å². The number of hydrogen-bond acceptors (Lipinski definition) is 5. The van der Waals surface area contributed by atoms with E-state index in [4.69, 9.17) is 19.3 Å². The molecule has 1 amide bonds. The zero-order chi connectivity index (χ0) is 19.4. The Bertz CT molecular complexity index is 860. The van der Waals surface area contributed by atoms with E-state index in [1.54, 1.807) is 25.3 Å². The Morgan fingerprint density at radius 1 is 1.04 bits per heavy atom. The first-order valence-corrected chi connectivity index (χ1v) is 8.55. The number of ether oxygens (including phenoxy) is 3. The van der Waals surface area contributed by atoms with Gasteiger partial charge < -0.3 is 24.6 Å². The SMILES string of the molecule is COc1ccc(C(=O)Nc2ccc(C(=O)O)c(OC)c2)c(OCC2CC2)c1. The van der Waals surface area contributed by atoms with Crippen LogP contribution in [-0.4, -0.2) is 37.8 Å². The van der Waals surface area contributed by atoms with Crippen molar-refractivity contribution in [1.82, 2.24) is 0 Å². The van der Waals surface area contributed by atoms with Gasteiger partial charge in [-0.15, -0.1) is 0 Å². The molecule has 0 heterocycles. The van der Waals surface area contributed by atoms with Gasteiger partial charge in [0.25, 0.3) is 5.91 Å². The van der Waals surface area contributed by atoms with E-state index in [-0.39, 0.29) is 17.2 Å². The minimum atomic E-state index is -1.10. The van der Waals surface area contributed by atoms with Crippen molar-refractivity contribution in [2.75, 3.05) is 26.1 Å². The molecule has 1 saturated carbocycles. The molecule has 142 valence electrons. The van der Waals surface area contributed by atoms with Gasteiger partial charge in [-0.1, -0.05) is 0 Å². The summed E-state index contributed by atoms with van der Waals surface area (Å²) in [6.07, 6.45) is 2.28. The maximum absolute atomic E-state index is 12.7. The molecule has 7 heteroatoms. The lowest BCUT2D eigenvalue weighted by molar-refractivity contribution is 0.0693. The van der Waals surface area contributed by atoms with Crippen LogP contribution in [0, 0.1) is 5.92 Å². The molecule has 1 aliphatic carbocycles. The number of hydrogen-bond donors (Lipinski definition) is 2. The molecule has 0 atom stereocenters. The van der Waals surface area contributed by atoms with E-state index in [1.807, 2.05) is 0 Å². The molecule has 0 aromatic heterocycles. The molecule has 0 saturated heterocycles. The van der Waals surface area contributed by atoms with Crippen molar-refractivity contribution in [3.05, 3.63) is 47.5 Å². The smallest absolute Gasteiger partial charge is 0.339 e. The van der Waals surface area contributed by atoms with Crippen molar-refractivity contribution in [3.63, 3.8) is 0 Å². The Morgan fingerprint density at radius 3 is 2.41 bits per heavy atom. The summed E-state index contributed by atoms with van der Waals surface area (Å²) in [7, 11) is 2.93. The second kappa shape index (κ2) is 7.99. The first kappa shape index (κ1) is 18.6. The molecule has 0 bridgehead atoms. The Balaban J connectivity index is 1.81. The van der Waals surface area contributed by atoms with Crippen molar-refractivity contribution in [2.24, 2.45) is 5.92 Å². The van der Waals surface area contributed by atoms with Crippen LogP contribution >= 0.6 is 0 Å². The molecule has 2 N–H and O–H groups in total. The molecule has 27 heavy (non-hydrogen) atoms. The van der Waals surface area contributed by atoms with Crippen LogP contribution in [0.2, 0.25) is 0 Å². The summed E-state index contributed by atoms with van der Waals surface area (Å²) in [6.45, 7) is 0.564. The van der Waals surface area contributed by atoms with Crippen molar-refractivity contribution < 1.29 is 28.9 Å². The van der Waals surface area contributed by atoms with Gasteiger partial charge in [-0.2, -0.15) is 0 Å². The molecule has 7 nitrogen and oxygen atoms in total. The average Bonchev–Trinajstić information content (AvgIpc) is 3.50. The van der Waals surface area contributed by atoms with E-state index in [1.165, 1.54) is 25.3 Å². The molecular weight excluding hydrogens is 350 g/mol. The number of aromatic carboxylic acids is 1. The summed E-state index contributed by atoms with van der Waals surface area (Å²) < 4.78 is 16.1. The predicted octanol–water partition coefficient (Wildman–Crippen LogP) is 3.44. The number of carboxylic acid groups (broad SMARTS) is 1. The number of amides is 1. The van der Waals surface area contributed by atoms with Gasteiger partial charge in [-0.25, -0.2) is 4.79 Å². The lowest BCUT2D eigenvalue weighted by Crippen LogP contribution is -2.15. The molecule has 0 radical (unpaired) electrons. The standard InChI is InChI=1S/C20H21NO6/c1-25-14-6-8-15(18(10-14)27-11-12-3-4-12)19(22)21-13-5-7-16(20(23)24)17(9-13)26-2/h5-10,12H,3-4,11H2,1-2H3,(H,21,22)(H,23,24). The maximum atomic E-state index is 12.7. The molecule has 1 aliphatic rings. The van der Waals surface area contributed by atoms with E-state index < -0.39 is 5.97 Å². The second-order valence-electron chi connectivity index (χ2n) is 6.29. The number of carbonyl (C=O) groups excluding carboxylic acids is 1. The summed E-state index contributed by atoms with van der Waals surface area (Å²) in [5.74, 6) is 0.294. The summed E-state index contributed by atoms with van der Waals surface area (Å²) >= 11 is 0. The number of methoxy groups -OCH3 is 2. The summed E-state index contributed by atoms with van der Waals surface area (Å²) in [5, 5.41) is 11.9. The third kappa shape index (κ3) is 4.49. The fraction of sp³-hybridized carbons (Fsp3) is 0.300. The number of rotatable bonds is 8. The first-order valence-electron chi connectivity index (χ1n) is 8.55. The van der Waals surface area contributed by atoms with Crippen molar-refractivity contribution in [3.8, 4) is 17.2 Å². The minimum absolute atomic E-state index is 0.0217. The molecule has 3 rings (SSSR count). The molecule has 0 unspecified atom stereocenters. The fourth-order valence-electron chi connectivity index (χ4n) is 2.57. The Labute approximate surface area is 156 Å². The quantitative estimate of drug-likeness (QED) is 0.738. The topological polar surface area (TPSA) is 94.1 Å². The lowest BCUT2D eigenvalue weighted by atomic mass is 10.1. The molecule has 1 fully saturated rings. The summed E-state index contributed by atoms with van der Waals surface area (Å²) in [6, 6.07) is 9.38. The van der Waals surface area contributed by atoms with Crippen LogP contribution in [0.4, 0.5) is 5.69 Å². The number of carbonyl (C=O) groups is 2. The van der Waals surface area contributed by atoms with Crippen LogP contribution in [0.25, 0.3) is 0 Å². The van der Waals surface area contributed by atoms with Crippen molar-refractivity contribution in [1.29, 1.82) is 0 Å². The van der Waals surface area contributed by atoms with E-state index in [0.29, 0.717) is 35.3 Å². The zero-order valence-corrected chi connectivity index (χ0v) is 15.2. The largest absolute Gasteiger partial charge is 0.497 e. The summed E-state index contributed by atoms with van der Waals surface area (Å²) in [5.41, 5.74) is 0.817. The van der Waals surface area contributed by atoms with Gasteiger partial charge in [0.2, 0.25) is 0 Å². The Kier molecular flexibility index (Phi) is 5.49. The van der Waals surface area contributed by atoms with Crippen LogP contribution in [0.1, 0.15) is 33.6 Å². The van der Waals surface area contributed by atoms with Gasteiger partial charge in [0.05, 0.1) is 26.4 Å². The van der Waals surface area contributed by atoms with E-state index in [0.717, 1.165) is 12.8 Å². The number of carboxylic acids is 1. The highest BCUT2D eigenvalue weighted by Crippen LogP contribution is 2.32. The van der Waals surface area contributed by atoms with Crippen molar-refractivity contribution in [2.45, 2.75) is 12.8 Å². The normalized spacial score (nSPS) is 13.0. The molecule has 2 aromatic carbocycles. The maximum Gasteiger partial charge on any atom is 0.339 e. The molecule has 0 spiro atoms. The zero-order valence-electron chi connectivity index (χ0n) is 15.2. The number of anilines is 1. The molecular formula is C20H21NO6. The van der Waals surface area contributed by atoms with E-state index >= 15 is 0 Å². The average molecular weight is 371 g/mol. The van der Waals surface area contributed by atoms with Crippen LogP contribution in [0.5, 0.6) is 17.2 Å². The Hall–Kier alpha value is -3.22. The summed E-state index contributed by atoms with van der Waals surface area (Å²) in [4.78, 5) is 23.9. The molecule has 0 aliphatic heterocycles. The van der Waals surface area contributed by atoms with Gasteiger partial charge in [0.1, 0.15) is 22.8 Å². The highest BCUT2D eigenvalue weighted by Gasteiger charge is 2.23. The first-order chi connectivity index (χ1) is 13.0. The van der Waals surface area contributed by atoms with Crippen LogP contribution in [0.15, 0.2) is 36.4 Å². The van der Waals surface area contributed by atoms with Gasteiger partial charge >= 0.3 is 5.97 Å². The van der Waals surface area contributed by atoms with Crippen molar-refractivity contribution >= 4 is 17.6 Å². The number of nitrogens with one attached hydrogen (secondary N) is 1. The fourth-order valence-corrected chi connectivity index (χ4v) is 2.57. The monoisotopic (exact) mass is 371 g/mol. The van der Waals surface area contributed by atoms with Gasteiger partial charge in [-0.3, -0.25) is 4.79 Å². The third-order valence-corrected chi connectivity index (χ3v) is 4.29. The minimum Gasteiger partial charge on any atom is -0.497 e. The lowest BCUT2D eigenvalue weighted by Gasteiger charge is -2.14. The Morgan fingerprint density at radius 2 is 1.78 bits per heavy atom. The van der Waals surface area contributed by atoms with Crippen LogP contribution in [0.3, 0.4) is 0 Å². The van der Waals surface area contributed by atoms with E-state index in [9.17, 15) is 9.59 Å². The third-order valence-electron chi connectivity index (χ3n) is 4.29. The van der Waals surface area contributed by atoms with Crippen LogP contribution < -0.4 is 19.5 Å².